The van der Waals surface area contributed by atoms with Crippen molar-refractivity contribution in [3.8, 4) is 5.75 Å². The molecule has 4 heteroatoms. The number of benzene rings is 1. The Morgan fingerprint density at radius 1 is 1.10 bits per heavy atom. The van der Waals surface area contributed by atoms with Gasteiger partial charge in [0.2, 0.25) is 5.91 Å². The molecule has 0 saturated heterocycles. The molecule has 2 N–H and O–H groups in total. The molecule has 0 unspecified atom stereocenters. The highest BCUT2D eigenvalue weighted by molar-refractivity contribution is 5.92. The third-order valence-electron chi connectivity index (χ3n) is 4.16. The number of hydrogen-bond donors (Lipinski definition) is 2. The summed E-state index contributed by atoms with van der Waals surface area (Å²) < 4.78 is 5.91. The van der Waals surface area contributed by atoms with Crippen molar-refractivity contribution in [1.82, 2.24) is 5.32 Å². The summed E-state index contributed by atoms with van der Waals surface area (Å²) in [6, 6.07) is 7.68. The zero-order chi connectivity index (χ0) is 14.5. The number of rotatable bonds is 7. The minimum absolute atomic E-state index is 0.0140. The van der Waals surface area contributed by atoms with Gasteiger partial charge in [-0.3, -0.25) is 4.79 Å². The Morgan fingerprint density at radius 2 is 1.81 bits per heavy atom. The van der Waals surface area contributed by atoms with Crippen molar-refractivity contribution in [1.29, 1.82) is 0 Å². The fraction of sp³-hybridized carbons (Fsp3) is 0.588. The molecule has 0 aromatic heterocycles. The average Bonchev–Trinajstić information content (AvgIpc) is 3.16. The van der Waals surface area contributed by atoms with Crippen molar-refractivity contribution in [3.63, 3.8) is 0 Å². The molecular formula is C17H24N2O2. The largest absolute Gasteiger partial charge is 0.490 e. The van der Waals surface area contributed by atoms with Crippen molar-refractivity contribution in [2.45, 2.75) is 44.6 Å². The van der Waals surface area contributed by atoms with Crippen LogP contribution in [0.4, 0.5) is 5.69 Å². The maximum absolute atomic E-state index is 11.8. The van der Waals surface area contributed by atoms with Crippen LogP contribution in [0.15, 0.2) is 24.3 Å². The summed E-state index contributed by atoms with van der Waals surface area (Å²) in [6.45, 7) is 1.35. The fourth-order valence-electron chi connectivity index (χ4n) is 2.73. The molecule has 2 saturated carbocycles. The van der Waals surface area contributed by atoms with E-state index in [1.165, 1.54) is 25.7 Å². The second-order valence-electron chi connectivity index (χ2n) is 6.17. The van der Waals surface area contributed by atoms with Crippen LogP contribution >= 0.6 is 0 Å². The molecule has 0 spiro atoms. The topological polar surface area (TPSA) is 50.4 Å². The van der Waals surface area contributed by atoms with Crippen molar-refractivity contribution < 1.29 is 9.53 Å². The van der Waals surface area contributed by atoms with Gasteiger partial charge in [0.25, 0.3) is 0 Å². The molecule has 114 valence electrons. The van der Waals surface area contributed by atoms with E-state index in [0.29, 0.717) is 12.6 Å². The summed E-state index contributed by atoms with van der Waals surface area (Å²) in [5.74, 6) is 1.71. The Bertz CT molecular complexity index is 462. The monoisotopic (exact) mass is 288 g/mol. The van der Waals surface area contributed by atoms with Gasteiger partial charge in [-0.25, -0.2) is 0 Å². The molecular weight excluding hydrogens is 264 g/mol. The van der Waals surface area contributed by atoms with Gasteiger partial charge in [-0.15, -0.1) is 0 Å². The van der Waals surface area contributed by atoms with Crippen LogP contribution in [0.25, 0.3) is 0 Å². The molecule has 0 bridgehead atoms. The molecule has 4 nitrogen and oxygen atoms in total. The van der Waals surface area contributed by atoms with E-state index in [4.69, 9.17) is 4.74 Å². The molecule has 1 aromatic carbocycles. The SMILES string of the molecule is O=C(CNCC1CC1)Nc1ccc(OC2CCCC2)cc1. The quantitative estimate of drug-likeness (QED) is 0.811. The number of carbonyl (C=O) groups excluding carboxylic acids is 1. The molecule has 1 aromatic rings. The van der Waals surface area contributed by atoms with Crippen molar-refractivity contribution >= 4 is 11.6 Å². The van der Waals surface area contributed by atoms with Gasteiger partial charge in [0.05, 0.1) is 12.6 Å². The zero-order valence-corrected chi connectivity index (χ0v) is 12.4. The van der Waals surface area contributed by atoms with Crippen molar-refractivity contribution in [3.05, 3.63) is 24.3 Å². The lowest BCUT2D eigenvalue weighted by Gasteiger charge is -2.13. The highest BCUT2D eigenvalue weighted by Gasteiger charge is 2.20. The Hall–Kier alpha value is -1.55. The molecule has 2 aliphatic rings. The van der Waals surface area contributed by atoms with Gasteiger partial charge >= 0.3 is 0 Å². The van der Waals surface area contributed by atoms with E-state index in [1.54, 1.807) is 0 Å². The Kier molecular flexibility index (Phi) is 4.76. The minimum atomic E-state index is 0.0140. The van der Waals surface area contributed by atoms with Crippen LogP contribution in [0.5, 0.6) is 5.75 Å². The normalized spacial score (nSPS) is 18.7. The van der Waals surface area contributed by atoms with Crippen LogP contribution in [0.3, 0.4) is 0 Å². The lowest BCUT2D eigenvalue weighted by atomic mass is 10.2. The molecule has 1 amide bonds. The number of carbonyl (C=O) groups is 1. The molecule has 0 radical (unpaired) electrons. The zero-order valence-electron chi connectivity index (χ0n) is 12.4. The van der Waals surface area contributed by atoms with E-state index in [0.717, 1.165) is 36.7 Å². The second-order valence-corrected chi connectivity index (χ2v) is 6.17. The number of hydrogen-bond acceptors (Lipinski definition) is 3. The smallest absolute Gasteiger partial charge is 0.238 e. The summed E-state index contributed by atoms with van der Waals surface area (Å²) in [7, 11) is 0. The van der Waals surface area contributed by atoms with Gasteiger partial charge in [0.1, 0.15) is 5.75 Å². The van der Waals surface area contributed by atoms with Crippen molar-refractivity contribution in [2.24, 2.45) is 5.92 Å². The molecule has 0 heterocycles. The van der Waals surface area contributed by atoms with Gasteiger partial charge in [0, 0.05) is 5.69 Å². The summed E-state index contributed by atoms with van der Waals surface area (Å²) in [4.78, 5) is 11.8. The molecule has 0 aliphatic heterocycles. The minimum Gasteiger partial charge on any atom is -0.490 e. The Morgan fingerprint density at radius 3 is 2.48 bits per heavy atom. The first-order chi connectivity index (χ1) is 10.3. The van der Waals surface area contributed by atoms with E-state index in [1.807, 2.05) is 24.3 Å². The van der Waals surface area contributed by atoms with E-state index in [2.05, 4.69) is 10.6 Å². The van der Waals surface area contributed by atoms with Crippen molar-refractivity contribution in [2.75, 3.05) is 18.4 Å². The first-order valence-electron chi connectivity index (χ1n) is 8.07. The Balaban J connectivity index is 1.41. The van der Waals surface area contributed by atoms with Crippen LogP contribution in [-0.4, -0.2) is 25.1 Å². The van der Waals surface area contributed by atoms with Crippen LogP contribution in [-0.2, 0) is 4.79 Å². The maximum atomic E-state index is 11.8. The van der Waals surface area contributed by atoms with Gasteiger partial charge < -0.3 is 15.4 Å². The highest BCUT2D eigenvalue weighted by atomic mass is 16.5. The predicted molar refractivity (Wildman–Crippen MR) is 83.5 cm³/mol. The maximum Gasteiger partial charge on any atom is 0.238 e. The second kappa shape index (κ2) is 6.94. The number of anilines is 1. The van der Waals surface area contributed by atoms with Gasteiger partial charge in [0.15, 0.2) is 0 Å². The highest BCUT2D eigenvalue weighted by Crippen LogP contribution is 2.27. The third kappa shape index (κ3) is 4.74. The predicted octanol–water partition coefficient (Wildman–Crippen LogP) is 2.95. The molecule has 21 heavy (non-hydrogen) atoms. The number of amides is 1. The summed E-state index contributed by atoms with van der Waals surface area (Å²) in [5, 5.41) is 6.09. The summed E-state index contributed by atoms with van der Waals surface area (Å²) in [5.41, 5.74) is 0.826. The Labute approximate surface area is 126 Å². The first-order valence-corrected chi connectivity index (χ1v) is 8.07. The van der Waals surface area contributed by atoms with Crippen LogP contribution in [0, 0.1) is 5.92 Å². The van der Waals surface area contributed by atoms with E-state index in [-0.39, 0.29) is 5.91 Å². The molecule has 2 aliphatic carbocycles. The standard InChI is InChI=1S/C17H24N2O2/c20-17(12-18-11-13-5-6-13)19-14-7-9-16(10-8-14)21-15-3-1-2-4-15/h7-10,13,15,18H,1-6,11-12H2,(H,19,20). The van der Waals surface area contributed by atoms with E-state index >= 15 is 0 Å². The van der Waals surface area contributed by atoms with Crippen LogP contribution in [0.1, 0.15) is 38.5 Å². The average molecular weight is 288 g/mol. The van der Waals surface area contributed by atoms with Gasteiger partial charge in [-0.1, -0.05) is 0 Å². The van der Waals surface area contributed by atoms with E-state index in [9.17, 15) is 4.79 Å². The molecule has 0 atom stereocenters. The van der Waals surface area contributed by atoms with Gasteiger partial charge in [-0.05, 0) is 75.3 Å². The fourth-order valence-corrected chi connectivity index (χ4v) is 2.73. The lowest BCUT2D eigenvalue weighted by molar-refractivity contribution is -0.115. The third-order valence-corrected chi connectivity index (χ3v) is 4.16. The summed E-state index contributed by atoms with van der Waals surface area (Å²) >= 11 is 0. The van der Waals surface area contributed by atoms with Gasteiger partial charge in [-0.2, -0.15) is 0 Å². The number of nitrogens with one attached hydrogen (secondary N) is 2. The summed E-state index contributed by atoms with van der Waals surface area (Å²) in [6.07, 6.45) is 7.83. The lowest BCUT2D eigenvalue weighted by Crippen LogP contribution is -2.29. The molecule has 3 rings (SSSR count). The number of ether oxygens (including phenoxy) is 1. The van der Waals surface area contributed by atoms with Crippen LogP contribution in [0.2, 0.25) is 0 Å². The van der Waals surface area contributed by atoms with Crippen LogP contribution < -0.4 is 15.4 Å². The van der Waals surface area contributed by atoms with E-state index < -0.39 is 0 Å². The first kappa shape index (κ1) is 14.4. The molecule has 2 fully saturated rings.